The Bertz CT molecular complexity index is 1030. The lowest BCUT2D eigenvalue weighted by molar-refractivity contribution is -0.440. The Kier molecular flexibility index (Phi) is 11.9. The molecule has 2 rings (SSSR count). The maximum atomic E-state index is 14.0. The number of unbranched alkanes of at least 4 members (excludes halogenated alkanes) is 4. The van der Waals surface area contributed by atoms with Crippen molar-refractivity contribution in [2.45, 2.75) is 120 Å². The highest BCUT2D eigenvalue weighted by Gasteiger charge is 2.90. The summed E-state index contributed by atoms with van der Waals surface area (Å²) in [6.45, 7) is 2.13. The fourth-order valence-electron chi connectivity index (χ4n) is 4.91. The van der Waals surface area contributed by atoms with Crippen LogP contribution in [0.4, 0.5) is 57.1 Å². The molecule has 1 aromatic carbocycles. The molecule has 0 heterocycles. The number of hydrogen-bond acceptors (Lipinski definition) is 2. The van der Waals surface area contributed by atoms with Crippen LogP contribution in [0.5, 0.6) is 5.75 Å². The van der Waals surface area contributed by atoms with Crippen molar-refractivity contribution in [3.05, 3.63) is 29.8 Å². The molecule has 0 atom stereocenters. The van der Waals surface area contributed by atoms with Crippen LogP contribution in [-0.4, -0.2) is 41.8 Å². The van der Waals surface area contributed by atoms with Gasteiger partial charge in [-0.3, -0.25) is 4.79 Å². The molecule has 248 valence electrons. The number of rotatable bonds is 15. The minimum absolute atomic E-state index is 0.0514. The lowest BCUT2D eigenvalue weighted by atomic mass is 9.80. The van der Waals surface area contributed by atoms with Crippen molar-refractivity contribution in [1.82, 2.24) is 0 Å². The number of hydrogen-bond donors (Lipinski definition) is 0. The second-order valence-electron chi connectivity index (χ2n) is 11.0. The van der Waals surface area contributed by atoms with Crippen LogP contribution in [0.2, 0.25) is 0 Å². The largest absolute Gasteiger partial charge is 0.460 e. The number of ether oxygens (including phenoxy) is 1. The molecule has 0 aromatic heterocycles. The third kappa shape index (κ3) is 8.09. The SMILES string of the molecule is CCCCCCC[C@H]1CC[C@H](C(=O)Oc2ccc(CCC(F)(F)C(F)(F)C(F)(F)C(F)(F)C(F)(F)C(F)(F)F)cc2)CC1. The van der Waals surface area contributed by atoms with Gasteiger partial charge >= 0.3 is 41.8 Å². The van der Waals surface area contributed by atoms with Crippen molar-refractivity contribution in [2.24, 2.45) is 11.8 Å². The van der Waals surface area contributed by atoms with Gasteiger partial charge in [0, 0.05) is 6.42 Å². The van der Waals surface area contributed by atoms with Crippen LogP contribution in [0.25, 0.3) is 0 Å². The molecule has 1 fully saturated rings. The Morgan fingerprint density at radius 1 is 0.698 bits per heavy atom. The average molecular weight is 649 g/mol. The van der Waals surface area contributed by atoms with Crippen LogP contribution in [0.15, 0.2) is 24.3 Å². The van der Waals surface area contributed by atoms with Gasteiger partial charge in [0.1, 0.15) is 5.75 Å². The van der Waals surface area contributed by atoms with Crippen molar-refractivity contribution in [1.29, 1.82) is 0 Å². The maximum Gasteiger partial charge on any atom is 0.460 e. The summed E-state index contributed by atoms with van der Waals surface area (Å²) in [7, 11) is 0. The molecule has 0 bridgehead atoms. The molecular weight excluding hydrogens is 615 g/mol. The monoisotopic (exact) mass is 648 g/mol. The standard InChI is InChI=1S/C28H33F13O2/c1-2-3-4-5-6-7-18-8-12-20(13-9-18)22(42)43-21-14-10-19(11-15-21)16-17-23(29,30)24(31,32)25(33,34)26(35,36)27(37,38)28(39,40)41/h10-11,14-15,18,20H,2-9,12-13,16-17H2,1H3/t18-,20-. The Balaban J connectivity index is 1.95. The molecule has 15 heteroatoms. The molecule has 0 aliphatic heterocycles. The first-order chi connectivity index (χ1) is 19.6. The predicted molar refractivity (Wildman–Crippen MR) is 130 cm³/mol. The summed E-state index contributed by atoms with van der Waals surface area (Å²) in [4.78, 5) is 12.5. The zero-order valence-corrected chi connectivity index (χ0v) is 23.2. The lowest BCUT2D eigenvalue weighted by Crippen LogP contribution is -2.70. The number of halogens is 13. The van der Waals surface area contributed by atoms with Gasteiger partial charge < -0.3 is 4.74 Å². The maximum absolute atomic E-state index is 14.0. The summed E-state index contributed by atoms with van der Waals surface area (Å²) in [5, 5.41) is 0. The van der Waals surface area contributed by atoms with E-state index in [1.54, 1.807) is 0 Å². The quantitative estimate of drug-likeness (QED) is 0.0819. The molecule has 0 amide bonds. The van der Waals surface area contributed by atoms with E-state index in [2.05, 4.69) is 6.92 Å². The fraction of sp³-hybridized carbons (Fsp3) is 0.750. The van der Waals surface area contributed by atoms with Crippen LogP contribution in [-0.2, 0) is 11.2 Å². The van der Waals surface area contributed by atoms with E-state index < -0.39 is 54.6 Å². The normalized spacial score (nSPS) is 19.4. The fourth-order valence-corrected chi connectivity index (χ4v) is 4.91. The number of aryl methyl sites for hydroxylation is 1. The smallest absolute Gasteiger partial charge is 0.426 e. The molecule has 43 heavy (non-hydrogen) atoms. The number of alkyl halides is 13. The van der Waals surface area contributed by atoms with Crippen molar-refractivity contribution in [3.8, 4) is 5.75 Å². The Hall–Kier alpha value is -2.22. The van der Waals surface area contributed by atoms with Crippen LogP contribution in [0.3, 0.4) is 0 Å². The topological polar surface area (TPSA) is 26.3 Å². The highest BCUT2D eigenvalue weighted by atomic mass is 19.4. The van der Waals surface area contributed by atoms with Crippen LogP contribution >= 0.6 is 0 Å². The first kappa shape index (κ1) is 37.0. The number of esters is 1. The molecule has 1 aliphatic rings. The van der Waals surface area contributed by atoms with E-state index in [1.165, 1.54) is 12.8 Å². The van der Waals surface area contributed by atoms with Gasteiger partial charge in [-0.2, -0.15) is 57.1 Å². The highest BCUT2D eigenvalue weighted by molar-refractivity contribution is 5.75. The summed E-state index contributed by atoms with van der Waals surface area (Å²) in [6, 6.07) is 4.13. The van der Waals surface area contributed by atoms with Crippen molar-refractivity contribution >= 4 is 5.97 Å². The molecule has 0 unspecified atom stereocenters. The summed E-state index contributed by atoms with van der Waals surface area (Å²) in [6.07, 6.45) is -1.13. The van der Waals surface area contributed by atoms with Gasteiger partial charge in [-0.25, -0.2) is 0 Å². The summed E-state index contributed by atoms with van der Waals surface area (Å²) < 4.78 is 178. The van der Waals surface area contributed by atoms with Gasteiger partial charge in [0.15, 0.2) is 0 Å². The minimum Gasteiger partial charge on any atom is -0.426 e. The number of benzene rings is 1. The van der Waals surface area contributed by atoms with Gasteiger partial charge in [0.2, 0.25) is 0 Å². The van der Waals surface area contributed by atoms with Gasteiger partial charge in [-0.15, -0.1) is 0 Å². The van der Waals surface area contributed by atoms with Gasteiger partial charge in [0.25, 0.3) is 0 Å². The first-order valence-electron chi connectivity index (χ1n) is 13.9. The van der Waals surface area contributed by atoms with E-state index in [1.807, 2.05) is 0 Å². The summed E-state index contributed by atoms with van der Waals surface area (Å²) in [5.74, 6) is -37.3. The Morgan fingerprint density at radius 3 is 1.72 bits per heavy atom. The lowest BCUT2D eigenvalue weighted by Gasteiger charge is -2.39. The van der Waals surface area contributed by atoms with Crippen LogP contribution < -0.4 is 4.74 Å². The molecule has 0 saturated heterocycles. The molecule has 0 N–H and O–H groups in total. The van der Waals surface area contributed by atoms with Crippen molar-refractivity contribution < 1.29 is 66.6 Å². The van der Waals surface area contributed by atoms with E-state index in [4.69, 9.17) is 4.74 Å². The Labute approximate surface area is 240 Å². The predicted octanol–water partition coefficient (Wildman–Crippen LogP) is 10.4. The van der Waals surface area contributed by atoms with Gasteiger partial charge in [0.05, 0.1) is 5.92 Å². The van der Waals surface area contributed by atoms with E-state index >= 15 is 0 Å². The van der Waals surface area contributed by atoms with Crippen LogP contribution in [0, 0.1) is 11.8 Å². The molecule has 0 radical (unpaired) electrons. The number of carbonyl (C=O) groups is 1. The molecule has 2 nitrogen and oxygen atoms in total. The summed E-state index contributed by atoms with van der Waals surface area (Å²) >= 11 is 0. The third-order valence-electron chi connectivity index (χ3n) is 7.76. The van der Waals surface area contributed by atoms with Gasteiger partial charge in [-0.05, 0) is 55.7 Å². The molecular formula is C28H33F13O2. The molecule has 1 saturated carbocycles. The third-order valence-corrected chi connectivity index (χ3v) is 7.76. The zero-order valence-electron chi connectivity index (χ0n) is 23.2. The highest BCUT2D eigenvalue weighted by Crippen LogP contribution is 2.60. The number of carbonyl (C=O) groups excluding carboxylic acids is 1. The van der Waals surface area contributed by atoms with E-state index in [9.17, 15) is 61.9 Å². The molecule has 1 aliphatic carbocycles. The molecule has 1 aromatic rings. The van der Waals surface area contributed by atoms with E-state index in [0.29, 0.717) is 18.8 Å². The Morgan fingerprint density at radius 2 is 1.21 bits per heavy atom. The van der Waals surface area contributed by atoms with Crippen molar-refractivity contribution in [3.63, 3.8) is 0 Å². The zero-order chi connectivity index (χ0) is 32.9. The second kappa shape index (κ2) is 13.8. The first-order valence-corrected chi connectivity index (χ1v) is 13.9. The molecule has 0 spiro atoms. The van der Waals surface area contributed by atoms with Gasteiger partial charge in [-0.1, -0.05) is 57.6 Å². The van der Waals surface area contributed by atoms with E-state index in [0.717, 1.165) is 62.8 Å². The van der Waals surface area contributed by atoms with Crippen molar-refractivity contribution in [2.75, 3.05) is 0 Å². The van der Waals surface area contributed by atoms with E-state index in [-0.39, 0.29) is 17.2 Å². The minimum atomic E-state index is -7.91. The summed E-state index contributed by atoms with van der Waals surface area (Å²) in [5.41, 5.74) is -0.259. The van der Waals surface area contributed by atoms with Crippen LogP contribution in [0.1, 0.15) is 83.1 Å². The average Bonchev–Trinajstić information content (AvgIpc) is 2.92. The second-order valence-corrected chi connectivity index (χ2v) is 11.0.